The summed E-state index contributed by atoms with van der Waals surface area (Å²) in [6, 6.07) is 20.6. The molecule has 0 saturated carbocycles. The van der Waals surface area contributed by atoms with Gasteiger partial charge in [0.2, 0.25) is 0 Å². The summed E-state index contributed by atoms with van der Waals surface area (Å²) in [5.74, 6) is 0.683. The summed E-state index contributed by atoms with van der Waals surface area (Å²) in [4.78, 5) is 0. The van der Waals surface area contributed by atoms with E-state index in [4.69, 9.17) is 39.5 Å². The van der Waals surface area contributed by atoms with Crippen LogP contribution in [0.1, 0.15) is 16.7 Å². The van der Waals surface area contributed by atoms with Gasteiger partial charge in [-0.25, -0.2) is 0 Å². The van der Waals surface area contributed by atoms with Crippen molar-refractivity contribution in [2.45, 2.75) is 13.2 Å². The molecule has 1 N–H and O–H groups in total. The molecule has 0 heterocycles. The average molecular weight is 420 g/mol. The van der Waals surface area contributed by atoms with Crippen LogP contribution in [0.15, 0.2) is 71.8 Å². The second kappa shape index (κ2) is 9.65. The van der Waals surface area contributed by atoms with Crippen LogP contribution in [0, 0.1) is 0 Å². The highest BCUT2D eigenvalue weighted by Gasteiger charge is 2.04. The molecule has 0 unspecified atom stereocenters. The molecule has 0 bridgehead atoms. The fourth-order valence-corrected chi connectivity index (χ4v) is 3.02. The lowest BCUT2D eigenvalue weighted by Gasteiger charge is -2.10. The van der Waals surface area contributed by atoms with Crippen LogP contribution in [0.5, 0.6) is 5.75 Å². The lowest BCUT2D eigenvalue weighted by Crippen LogP contribution is -2.06. The molecule has 3 aromatic rings. The fraction of sp³-hybridized carbons (Fsp3) is 0.0952. The lowest BCUT2D eigenvalue weighted by molar-refractivity contribution is 0.306. The number of benzene rings is 3. The smallest absolute Gasteiger partial charge is 0.128 e. The predicted molar refractivity (Wildman–Crippen MR) is 113 cm³/mol. The molecular formula is C21H17Cl3N2O. The molecule has 0 amide bonds. The van der Waals surface area contributed by atoms with Crippen molar-refractivity contribution in [2.75, 3.05) is 0 Å². The average Bonchev–Trinajstić information content (AvgIpc) is 2.66. The Kier molecular flexibility index (Phi) is 6.99. The van der Waals surface area contributed by atoms with Crippen molar-refractivity contribution in [3.8, 4) is 5.75 Å². The maximum atomic E-state index is 6.14. The Bertz CT molecular complexity index is 944. The van der Waals surface area contributed by atoms with E-state index in [9.17, 15) is 0 Å². The SMILES string of the molecule is Clc1cccc(COc2ccc(Cl)cc2/C=N\NCc2ccccc2Cl)c1. The third kappa shape index (κ3) is 5.90. The highest BCUT2D eigenvalue weighted by atomic mass is 35.5. The Balaban J connectivity index is 1.65. The molecule has 0 saturated heterocycles. The number of hydrogen-bond donors (Lipinski definition) is 1. The van der Waals surface area contributed by atoms with E-state index in [1.165, 1.54) is 0 Å². The van der Waals surface area contributed by atoms with Crippen molar-refractivity contribution in [3.63, 3.8) is 0 Å². The van der Waals surface area contributed by atoms with Crippen LogP contribution < -0.4 is 10.2 Å². The van der Waals surface area contributed by atoms with Crippen LogP contribution in [-0.2, 0) is 13.2 Å². The number of ether oxygens (including phenoxy) is 1. The van der Waals surface area contributed by atoms with Gasteiger partial charge in [0.05, 0.1) is 12.8 Å². The van der Waals surface area contributed by atoms with Crippen molar-refractivity contribution >= 4 is 41.0 Å². The van der Waals surface area contributed by atoms with Crippen LogP contribution in [0.4, 0.5) is 0 Å². The van der Waals surface area contributed by atoms with Crippen molar-refractivity contribution in [1.29, 1.82) is 0 Å². The molecule has 27 heavy (non-hydrogen) atoms. The molecule has 0 aliphatic carbocycles. The van der Waals surface area contributed by atoms with Gasteiger partial charge in [-0.1, -0.05) is 65.1 Å². The van der Waals surface area contributed by atoms with E-state index in [1.807, 2.05) is 54.6 Å². The Morgan fingerprint density at radius 1 is 0.889 bits per heavy atom. The molecule has 3 aromatic carbocycles. The van der Waals surface area contributed by atoms with Crippen molar-refractivity contribution in [2.24, 2.45) is 5.10 Å². The summed E-state index contributed by atoms with van der Waals surface area (Å²) < 4.78 is 5.91. The van der Waals surface area contributed by atoms with Crippen LogP contribution in [0.3, 0.4) is 0 Å². The largest absolute Gasteiger partial charge is 0.488 e. The van der Waals surface area contributed by atoms with E-state index in [-0.39, 0.29) is 0 Å². The molecule has 6 heteroatoms. The Morgan fingerprint density at radius 2 is 1.70 bits per heavy atom. The van der Waals surface area contributed by atoms with E-state index in [2.05, 4.69) is 10.5 Å². The predicted octanol–water partition coefficient (Wildman–Crippen LogP) is 6.35. The van der Waals surface area contributed by atoms with E-state index in [1.54, 1.807) is 18.3 Å². The summed E-state index contributed by atoms with van der Waals surface area (Å²) in [7, 11) is 0. The molecule has 0 aliphatic rings. The zero-order valence-corrected chi connectivity index (χ0v) is 16.6. The number of hydrazone groups is 1. The first-order chi connectivity index (χ1) is 13.1. The summed E-state index contributed by atoms with van der Waals surface area (Å²) in [6.45, 7) is 0.922. The molecule has 3 rings (SSSR count). The van der Waals surface area contributed by atoms with Gasteiger partial charge in [0.1, 0.15) is 12.4 Å². The van der Waals surface area contributed by atoms with Crippen molar-refractivity contribution < 1.29 is 4.74 Å². The van der Waals surface area contributed by atoms with Crippen molar-refractivity contribution in [1.82, 2.24) is 5.43 Å². The van der Waals surface area contributed by atoms with Crippen LogP contribution in [-0.4, -0.2) is 6.21 Å². The summed E-state index contributed by atoms with van der Waals surface area (Å²) >= 11 is 18.3. The quantitative estimate of drug-likeness (QED) is 0.357. The van der Waals surface area contributed by atoms with Gasteiger partial charge in [-0.3, -0.25) is 0 Å². The van der Waals surface area contributed by atoms with Gasteiger partial charge in [-0.15, -0.1) is 0 Å². The van der Waals surface area contributed by atoms with Gasteiger partial charge in [-0.05, 0) is 47.5 Å². The van der Waals surface area contributed by atoms with Gasteiger partial charge in [0, 0.05) is 20.6 Å². The van der Waals surface area contributed by atoms with E-state index >= 15 is 0 Å². The van der Waals surface area contributed by atoms with Crippen LogP contribution in [0.2, 0.25) is 15.1 Å². The monoisotopic (exact) mass is 418 g/mol. The topological polar surface area (TPSA) is 33.6 Å². The van der Waals surface area contributed by atoms with Crippen LogP contribution in [0.25, 0.3) is 0 Å². The molecule has 3 nitrogen and oxygen atoms in total. The molecule has 138 valence electrons. The van der Waals surface area contributed by atoms with Gasteiger partial charge >= 0.3 is 0 Å². The molecule has 0 spiro atoms. The normalized spacial score (nSPS) is 10.9. The molecule has 0 radical (unpaired) electrons. The first kappa shape index (κ1) is 19.6. The van der Waals surface area contributed by atoms with Gasteiger partial charge < -0.3 is 10.2 Å². The summed E-state index contributed by atoms with van der Waals surface area (Å²) in [5.41, 5.74) is 5.72. The van der Waals surface area contributed by atoms with Gasteiger partial charge in [-0.2, -0.15) is 5.10 Å². The van der Waals surface area contributed by atoms with Crippen molar-refractivity contribution in [3.05, 3.63) is 98.5 Å². The van der Waals surface area contributed by atoms with Gasteiger partial charge in [0.25, 0.3) is 0 Å². The fourth-order valence-electron chi connectivity index (χ4n) is 2.43. The second-order valence-electron chi connectivity index (χ2n) is 5.79. The molecule has 0 atom stereocenters. The zero-order valence-electron chi connectivity index (χ0n) is 14.3. The Labute approximate surface area is 173 Å². The highest BCUT2D eigenvalue weighted by molar-refractivity contribution is 6.31. The number of nitrogens with zero attached hydrogens (tertiary/aromatic N) is 1. The van der Waals surface area contributed by atoms with Gasteiger partial charge in [0.15, 0.2) is 0 Å². The molecule has 0 fully saturated rings. The maximum absolute atomic E-state index is 6.14. The molecular weight excluding hydrogens is 403 g/mol. The Morgan fingerprint density at radius 3 is 2.52 bits per heavy atom. The standard InChI is InChI=1S/C21H17Cl3N2O/c22-18-6-3-4-15(10-18)14-27-21-9-8-19(23)11-17(21)13-26-25-12-16-5-1-2-7-20(16)24/h1-11,13,25H,12,14H2/b26-13-. The first-order valence-corrected chi connectivity index (χ1v) is 9.41. The zero-order chi connectivity index (χ0) is 19.1. The lowest BCUT2D eigenvalue weighted by atomic mass is 10.2. The molecule has 0 aliphatic heterocycles. The van der Waals surface area contributed by atoms with E-state index in [0.29, 0.717) is 34.0 Å². The number of halogens is 3. The Hall–Kier alpha value is -2.20. The number of nitrogens with one attached hydrogen (secondary N) is 1. The third-order valence-corrected chi connectivity index (χ3v) is 4.62. The first-order valence-electron chi connectivity index (χ1n) is 8.28. The number of hydrogen-bond acceptors (Lipinski definition) is 3. The minimum atomic E-state index is 0.399. The maximum Gasteiger partial charge on any atom is 0.128 e. The number of rotatable bonds is 7. The molecule has 0 aromatic heterocycles. The summed E-state index contributed by atoms with van der Waals surface area (Å²) in [6.07, 6.45) is 1.68. The minimum absolute atomic E-state index is 0.399. The van der Waals surface area contributed by atoms with E-state index in [0.717, 1.165) is 16.7 Å². The summed E-state index contributed by atoms with van der Waals surface area (Å²) in [5, 5.41) is 6.25. The second-order valence-corrected chi connectivity index (χ2v) is 7.07. The van der Waals surface area contributed by atoms with E-state index < -0.39 is 0 Å². The third-order valence-electron chi connectivity index (χ3n) is 3.78. The highest BCUT2D eigenvalue weighted by Crippen LogP contribution is 2.23. The minimum Gasteiger partial charge on any atom is -0.488 e. The van der Waals surface area contributed by atoms with Crippen LogP contribution >= 0.6 is 34.8 Å².